The van der Waals surface area contributed by atoms with Gasteiger partial charge in [0.2, 0.25) is 0 Å². The van der Waals surface area contributed by atoms with E-state index in [1.54, 1.807) is 6.07 Å². The Morgan fingerprint density at radius 2 is 2.23 bits per heavy atom. The Morgan fingerprint density at radius 1 is 1.46 bits per heavy atom. The lowest BCUT2D eigenvalue weighted by Crippen LogP contribution is -1.79. The van der Waals surface area contributed by atoms with Crippen molar-refractivity contribution >= 4 is 11.6 Å². The van der Waals surface area contributed by atoms with E-state index in [1.807, 2.05) is 6.07 Å². The van der Waals surface area contributed by atoms with Crippen molar-refractivity contribution in [3.8, 4) is 23.7 Å². The van der Waals surface area contributed by atoms with Crippen molar-refractivity contribution < 1.29 is 5.11 Å². The van der Waals surface area contributed by atoms with Crippen LogP contribution in [0, 0.1) is 23.2 Å². The lowest BCUT2D eigenvalue weighted by Gasteiger charge is -1.95. The second-order valence-electron chi connectivity index (χ2n) is 2.28. The molecule has 0 spiro atoms. The summed E-state index contributed by atoms with van der Waals surface area (Å²) in [6.07, 6.45) is 0. The van der Waals surface area contributed by atoms with Gasteiger partial charge in [0, 0.05) is 5.56 Å². The Kier molecular flexibility index (Phi) is 3.20. The van der Waals surface area contributed by atoms with Crippen molar-refractivity contribution in [2.45, 2.75) is 0 Å². The van der Waals surface area contributed by atoms with Crippen LogP contribution in [0.1, 0.15) is 11.1 Å². The third-order valence-corrected chi connectivity index (χ3v) is 1.55. The number of halogens is 1. The molecule has 2 nitrogen and oxygen atoms in total. The molecule has 0 aliphatic carbocycles. The molecule has 0 aliphatic heterocycles. The number of alkyl halides is 1. The zero-order valence-corrected chi connectivity index (χ0v) is 7.47. The summed E-state index contributed by atoms with van der Waals surface area (Å²) in [6.45, 7) is 0. The molecule has 0 atom stereocenters. The standard InChI is InChI=1S/C10H6ClNO/c11-5-1-2-8-3-4-10(13)9(6-8)7-12/h3-4,6,13H,5H2. The largest absolute Gasteiger partial charge is 0.507 e. The zero-order chi connectivity index (χ0) is 9.68. The van der Waals surface area contributed by atoms with E-state index < -0.39 is 0 Å². The number of nitriles is 1. The fourth-order valence-corrected chi connectivity index (χ4v) is 0.906. The molecule has 1 aromatic rings. The van der Waals surface area contributed by atoms with Crippen LogP contribution in [0.5, 0.6) is 5.75 Å². The molecule has 0 radical (unpaired) electrons. The average molecular weight is 192 g/mol. The van der Waals surface area contributed by atoms with Crippen LogP contribution in [0.2, 0.25) is 0 Å². The van der Waals surface area contributed by atoms with E-state index in [-0.39, 0.29) is 17.2 Å². The molecule has 64 valence electrons. The van der Waals surface area contributed by atoms with E-state index >= 15 is 0 Å². The monoisotopic (exact) mass is 191 g/mol. The molecular formula is C10H6ClNO. The molecule has 1 rings (SSSR count). The molecular weight excluding hydrogens is 186 g/mol. The molecule has 0 saturated carbocycles. The summed E-state index contributed by atoms with van der Waals surface area (Å²) in [4.78, 5) is 0. The van der Waals surface area contributed by atoms with Gasteiger partial charge < -0.3 is 5.11 Å². The van der Waals surface area contributed by atoms with E-state index in [4.69, 9.17) is 22.0 Å². The smallest absolute Gasteiger partial charge is 0.133 e. The van der Waals surface area contributed by atoms with Crippen LogP contribution in [0.4, 0.5) is 0 Å². The van der Waals surface area contributed by atoms with Crippen LogP contribution in [0.25, 0.3) is 0 Å². The van der Waals surface area contributed by atoms with Crippen molar-refractivity contribution in [2.24, 2.45) is 0 Å². The third-order valence-electron chi connectivity index (χ3n) is 1.42. The fourth-order valence-electron chi connectivity index (χ4n) is 0.839. The van der Waals surface area contributed by atoms with Gasteiger partial charge in [0.1, 0.15) is 11.8 Å². The number of hydrogen-bond acceptors (Lipinski definition) is 2. The van der Waals surface area contributed by atoms with E-state index in [0.29, 0.717) is 5.56 Å². The predicted octanol–water partition coefficient (Wildman–Crippen LogP) is 1.85. The molecule has 1 aromatic carbocycles. The third kappa shape index (κ3) is 2.40. The van der Waals surface area contributed by atoms with Crippen LogP contribution in [-0.4, -0.2) is 11.0 Å². The number of rotatable bonds is 0. The first kappa shape index (κ1) is 9.45. The minimum Gasteiger partial charge on any atom is -0.507 e. The Bertz CT molecular complexity index is 409. The number of benzene rings is 1. The first-order chi connectivity index (χ1) is 6.27. The number of phenols is 1. The molecule has 0 fully saturated rings. The minimum absolute atomic E-state index is 0.0288. The SMILES string of the molecule is N#Cc1cc(C#CCCl)ccc1O. The number of phenolic OH excluding ortho intramolecular Hbond substituents is 1. The highest BCUT2D eigenvalue weighted by Gasteiger charge is 1.98. The first-order valence-corrected chi connectivity index (χ1v) is 4.09. The normalized spacial score (nSPS) is 8.31. The van der Waals surface area contributed by atoms with Crippen molar-refractivity contribution in [1.29, 1.82) is 5.26 Å². The topological polar surface area (TPSA) is 44.0 Å². The van der Waals surface area contributed by atoms with Crippen LogP contribution >= 0.6 is 11.6 Å². The summed E-state index contributed by atoms with van der Waals surface area (Å²) in [5.41, 5.74) is 0.899. The van der Waals surface area contributed by atoms with Crippen LogP contribution < -0.4 is 0 Å². The molecule has 0 aliphatic rings. The van der Waals surface area contributed by atoms with Gasteiger partial charge in [0.25, 0.3) is 0 Å². The summed E-state index contributed by atoms with van der Waals surface area (Å²) < 4.78 is 0. The molecule has 13 heavy (non-hydrogen) atoms. The minimum atomic E-state index is -0.0288. The van der Waals surface area contributed by atoms with Gasteiger partial charge in [-0.05, 0) is 18.2 Å². The Morgan fingerprint density at radius 3 is 2.85 bits per heavy atom. The van der Waals surface area contributed by atoms with Crippen molar-refractivity contribution in [3.05, 3.63) is 29.3 Å². The van der Waals surface area contributed by atoms with Crippen molar-refractivity contribution in [3.63, 3.8) is 0 Å². The Labute approximate surface area is 81.4 Å². The fraction of sp³-hybridized carbons (Fsp3) is 0.100. The molecule has 0 saturated heterocycles. The van der Waals surface area contributed by atoms with E-state index in [2.05, 4.69) is 11.8 Å². The van der Waals surface area contributed by atoms with Crippen LogP contribution in [-0.2, 0) is 0 Å². The number of nitrogens with zero attached hydrogens (tertiary/aromatic N) is 1. The van der Waals surface area contributed by atoms with Gasteiger partial charge in [-0.25, -0.2) is 0 Å². The van der Waals surface area contributed by atoms with Gasteiger partial charge in [0.15, 0.2) is 0 Å². The number of hydrogen-bond donors (Lipinski definition) is 1. The molecule has 0 unspecified atom stereocenters. The predicted molar refractivity (Wildman–Crippen MR) is 50.4 cm³/mol. The van der Waals surface area contributed by atoms with Gasteiger partial charge in [-0.1, -0.05) is 11.8 Å². The van der Waals surface area contributed by atoms with Gasteiger partial charge in [-0.15, -0.1) is 11.6 Å². The maximum atomic E-state index is 9.16. The highest BCUT2D eigenvalue weighted by Crippen LogP contribution is 2.16. The molecule has 3 heteroatoms. The first-order valence-electron chi connectivity index (χ1n) is 3.56. The van der Waals surface area contributed by atoms with E-state index in [1.165, 1.54) is 12.1 Å². The maximum Gasteiger partial charge on any atom is 0.133 e. The highest BCUT2D eigenvalue weighted by atomic mass is 35.5. The van der Waals surface area contributed by atoms with Gasteiger partial charge in [-0.3, -0.25) is 0 Å². The average Bonchev–Trinajstić information content (AvgIpc) is 2.16. The summed E-state index contributed by atoms with van der Waals surface area (Å²) >= 11 is 5.37. The summed E-state index contributed by atoms with van der Waals surface area (Å²) in [5, 5.41) is 17.7. The second-order valence-corrected chi connectivity index (χ2v) is 2.55. The summed E-state index contributed by atoms with van der Waals surface area (Å²) in [5.74, 6) is 5.64. The van der Waals surface area contributed by atoms with E-state index in [9.17, 15) is 0 Å². The molecule has 0 amide bonds. The molecule has 0 aromatic heterocycles. The lowest BCUT2D eigenvalue weighted by atomic mass is 10.1. The van der Waals surface area contributed by atoms with E-state index in [0.717, 1.165) is 0 Å². The van der Waals surface area contributed by atoms with Crippen LogP contribution in [0.3, 0.4) is 0 Å². The number of aromatic hydroxyl groups is 1. The lowest BCUT2D eigenvalue weighted by molar-refractivity contribution is 0.473. The summed E-state index contributed by atoms with van der Waals surface area (Å²) in [7, 11) is 0. The highest BCUT2D eigenvalue weighted by molar-refractivity contribution is 6.19. The van der Waals surface area contributed by atoms with Gasteiger partial charge in [0.05, 0.1) is 11.4 Å². The van der Waals surface area contributed by atoms with Crippen LogP contribution in [0.15, 0.2) is 18.2 Å². The van der Waals surface area contributed by atoms with Gasteiger partial charge >= 0.3 is 0 Å². The second kappa shape index (κ2) is 4.40. The quantitative estimate of drug-likeness (QED) is 0.503. The molecule has 0 bridgehead atoms. The Hall–Kier alpha value is -1.64. The Balaban J connectivity index is 3.08. The van der Waals surface area contributed by atoms with Crippen molar-refractivity contribution in [1.82, 2.24) is 0 Å². The maximum absolute atomic E-state index is 9.16. The molecule has 1 N–H and O–H groups in total. The zero-order valence-electron chi connectivity index (χ0n) is 6.71. The van der Waals surface area contributed by atoms with Crippen molar-refractivity contribution in [2.75, 3.05) is 5.88 Å². The summed E-state index contributed by atoms with van der Waals surface area (Å²) in [6, 6.07) is 6.46. The van der Waals surface area contributed by atoms with Gasteiger partial charge in [-0.2, -0.15) is 5.26 Å². The molecule has 0 heterocycles.